The molecular weight excluding hydrogens is 244 g/mol. The molecule has 8 nitrogen and oxygen atoms in total. The zero-order valence-corrected chi connectivity index (χ0v) is 9.87. The molecule has 0 aliphatic carbocycles. The van der Waals surface area contributed by atoms with Crippen molar-refractivity contribution in [1.29, 1.82) is 0 Å². The van der Waals surface area contributed by atoms with Gasteiger partial charge in [-0.25, -0.2) is 0 Å². The highest BCUT2D eigenvalue weighted by Gasteiger charge is 2.43. The normalized spacial score (nSPS) is 20.0. The predicted octanol–water partition coefficient (Wildman–Crippen LogP) is -1.41. The summed E-state index contributed by atoms with van der Waals surface area (Å²) in [6.07, 6.45) is -0.714. The molecule has 18 heavy (non-hydrogen) atoms. The maximum atomic E-state index is 11.9. The van der Waals surface area contributed by atoms with Gasteiger partial charge in [-0.05, 0) is 0 Å². The number of hydrogen-bond acceptors (Lipinski definition) is 5. The van der Waals surface area contributed by atoms with Crippen molar-refractivity contribution >= 4 is 29.6 Å². The highest BCUT2D eigenvalue weighted by molar-refractivity contribution is 6.10. The van der Waals surface area contributed by atoms with Crippen LogP contribution in [-0.4, -0.2) is 57.1 Å². The maximum absolute atomic E-state index is 11.9. The highest BCUT2D eigenvalue weighted by atomic mass is 16.4. The number of carboxylic acids is 1. The molecule has 0 aromatic carbocycles. The van der Waals surface area contributed by atoms with Gasteiger partial charge in [-0.15, -0.1) is 0 Å². The molecule has 0 aromatic heterocycles. The zero-order valence-electron chi connectivity index (χ0n) is 9.87. The van der Waals surface area contributed by atoms with Crippen molar-refractivity contribution in [2.24, 2.45) is 0 Å². The first kappa shape index (κ1) is 13.8. The highest BCUT2D eigenvalue weighted by Crippen LogP contribution is 2.16. The Morgan fingerprint density at radius 1 is 1.22 bits per heavy atom. The van der Waals surface area contributed by atoms with Crippen LogP contribution < -0.4 is 0 Å². The van der Waals surface area contributed by atoms with E-state index in [0.29, 0.717) is 9.80 Å². The summed E-state index contributed by atoms with van der Waals surface area (Å²) in [5.74, 6) is -4.32. The lowest BCUT2D eigenvalue weighted by Crippen LogP contribution is -2.62. The fourth-order valence-electron chi connectivity index (χ4n) is 1.76. The molecule has 0 unspecified atom stereocenters. The second-order valence-electron chi connectivity index (χ2n) is 3.84. The number of rotatable bonds is 2. The van der Waals surface area contributed by atoms with Gasteiger partial charge < -0.3 is 5.11 Å². The molecule has 1 aliphatic rings. The minimum absolute atomic E-state index is 0.538. The molecule has 1 aliphatic heterocycles. The van der Waals surface area contributed by atoms with E-state index in [9.17, 15) is 24.0 Å². The second kappa shape index (κ2) is 4.94. The van der Waals surface area contributed by atoms with Gasteiger partial charge in [0.1, 0.15) is 12.6 Å². The van der Waals surface area contributed by atoms with Gasteiger partial charge in [0.25, 0.3) is 5.91 Å². The third-order valence-electron chi connectivity index (χ3n) is 2.51. The summed E-state index contributed by atoms with van der Waals surface area (Å²) in [6.45, 7) is 1.61. The van der Waals surface area contributed by atoms with Crippen molar-refractivity contribution in [1.82, 2.24) is 9.80 Å². The number of piperazine rings is 1. The number of amides is 4. The van der Waals surface area contributed by atoms with Gasteiger partial charge in [-0.1, -0.05) is 0 Å². The summed E-state index contributed by atoms with van der Waals surface area (Å²) in [4.78, 5) is 57.9. The van der Waals surface area contributed by atoms with Gasteiger partial charge >= 0.3 is 5.97 Å². The third-order valence-corrected chi connectivity index (χ3v) is 2.51. The quantitative estimate of drug-likeness (QED) is 0.649. The van der Waals surface area contributed by atoms with Gasteiger partial charge in [0.05, 0.1) is 6.42 Å². The summed E-state index contributed by atoms with van der Waals surface area (Å²) in [5.41, 5.74) is 0. The largest absolute Gasteiger partial charge is 0.481 e. The Morgan fingerprint density at radius 2 is 1.78 bits per heavy atom. The molecule has 0 bridgehead atoms. The molecule has 1 saturated heterocycles. The summed E-state index contributed by atoms with van der Waals surface area (Å²) in [6, 6.07) is -1.45. The van der Waals surface area contributed by atoms with Crippen molar-refractivity contribution in [2.45, 2.75) is 26.3 Å². The van der Waals surface area contributed by atoms with Crippen molar-refractivity contribution in [3.63, 3.8) is 0 Å². The van der Waals surface area contributed by atoms with Gasteiger partial charge in [0.2, 0.25) is 17.7 Å². The summed E-state index contributed by atoms with van der Waals surface area (Å²) >= 11 is 0. The van der Waals surface area contributed by atoms with Crippen molar-refractivity contribution < 1.29 is 29.1 Å². The number of aliphatic carboxylic acids is 1. The average molecular weight is 256 g/mol. The molecule has 8 heteroatoms. The Hall–Kier alpha value is -2.25. The third kappa shape index (κ3) is 2.53. The lowest BCUT2D eigenvalue weighted by Gasteiger charge is -2.36. The number of carbonyl (C=O) groups excluding carboxylic acids is 4. The Morgan fingerprint density at radius 3 is 2.17 bits per heavy atom. The van der Waals surface area contributed by atoms with Gasteiger partial charge in [0, 0.05) is 13.8 Å². The van der Waals surface area contributed by atoms with E-state index < -0.39 is 48.6 Å². The first-order chi connectivity index (χ1) is 8.25. The van der Waals surface area contributed by atoms with Crippen LogP contribution in [0.1, 0.15) is 20.3 Å². The van der Waals surface area contributed by atoms with E-state index in [1.54, 1.807) is 0 Å². The Bertz CT molecular complexity index is 444. The van der Waals surface area contributed by atoms with Crippen LogP contribution in [0.5, 0.6) is 0 Å². The molecule has 0 spiro atoms. The predicted molar refractivity (Wildman–Crippen MR) is 56.0 cm³/mol. The molecule has 1 atom stereocenters. The van der Waals surface area contributed by atoms with E-state index in [2.05, 4.69) is 0 Å². The van der Waals surface area contributed by atoms with E-state index in [-0.39, 0.29) is 0 Å². The SMILES string of the molecule is CC(=O)N1CC(=O)N(C(C)=O)[C@@H](CC(=O)O)C1=O. The van der Waals surface area contributed by atoms with E-state index in [1.807, 2.05) is 0 Å². The summed E-state index contributed by atoms with van der Waals surface area (Å²) in [7, 11) is 0. The van der Waals surface area contributed by atoms with Crippen molar-refractivity contribution in [3.8, 4) is 0 Å². The molecule has 0 radical (unpaired) electrons. The first-order valence-corrected chi connectivity index (χ1v) is 5.12. The molecule has 0 aromatic rings. The van der Waals surface area contributed by atoms with Crippen molar-refractivity contribution in [3.05, 3.63) is 0 Å². The molecule has 1 N–H and O–H groups in total. The minimum Gasteiger partial charge on any atom is -0.481 e. The Labute approximate surface area is 102 Å². The van der Waals surface area contributed by atoms with Crippen LogP contribution >= 0.6 is 0 Å². The van der Waals surface area contributed by atoms with Crippen LogP contribution in [0.15, 0.2) is 0 Å². The average Bonchev–Trinajstić information content (AvgIpc) is 2.21. The molecule has 1 heterocycles. The van der Waals surface area contributed by atoms with Gasteiger partial charge in [0.15, 0.2) is 0 Å². The summed E-state index contributed by atoms with van der Waals surface area (Å²) in [5, 5.41) is 8.69. The van der Waals surface area contributed by atoms with Crippen molar-refractivity contribution in [2.75, 3.05) is 6.54 Å². The molecule has 1 rings (SSSR count). The smallest absolute Gasteiger partial charge is 0.306 e. The summed E-state index contributed by atoms with van der Waals surface area (Å²) < 4.78 is 0. The Kier molecular flexibility index (Phi) is 3.79. The molecule has 4 amide bonds. The number of nitrogens with zero attached hydrogens (tertiary/aromatic N) is 2. The van der Waals surface area contributed by atoms with Gasteiger partial charge in [-0.2, -0.15) is 0 Å². The van der Waals surface area contributed by atoms with E-state index in [1.165, 1.54) is 0 Å². The standard InChI is InChI=1S/C10H12N2O6/c1-5(13)11-4-8(15)12(6(2)14)7(10(11)18)3-9(16)17/h7H,3-4H2,1-2H3,(H,16,17)/t7-/m0/s1. The van der Waals surface area contributed by atoms with Crippen LogP contribution in [0.25, 0.3) is 0 Å². The monoisotopic (exact) mass is 256 g/mol. The fourth-order valence-corrected chi connectivity index (χ4v) is 1.76. The lowest BCUT2D eigenvalue weighted by molar-refractivity contribution is -0.167. The minimum atomic E-state index is -1.45. The second-order valence-corrected chi connectivity index (χ2v) is 3.84. The fraction of sp³-hybridized carbons (Fsp3) is 0.500. The maximum Gasteiger partial charge on any atom is 0.306 e. The molecule has 98 valence electrons. The van der Waals surface area contributed by atoms with E-state index in [0.717, 1.165) is 13.8 Å². The first-order valence-electron chi connectivity index (χ1n) is 5.12. The van der Waals surface area contributed by atoms with Crippen LogP contribution in [0.2, 0.25) is 0 Å². The topological polar surface area (TPSA) is 112 Å². The number of carbonyl (C=O) groups is 5. The molecular formula is C10H12N2O6. The zero-order chi connectivity index (χ0) is 14.0. The van der Waals surface area contributed by atoms with Crippen LogP contribution in [-0.2, 0) is 24.0 Å². The van der Waals surface area contributed by atoms with Crippen LogP contribution in [0.3, 0.4) is 0 Å². The van der Waals surface area contributed by atoms with Crippen LogP contribution in [0, 0.1) is 0 Å². The molecule has 1 fully saturated rings. The number of imide groups is 2. The van der Waals surface area contributed by atoms with E-state index in [4.69, 9.17) is 5.11 Å². The molecule has 0 saturated carbocycles. The number of hydrogen-bond donors (Lipinski definition) is 1. The number of carboxylic acid groups (broad SMARTS) is 1. The van der Waals surface area contributed by atoms with Crippen LogP contribution in [0.4, 0.5) is 0 Å². The lowest BCUT2D eigenvalue weighted by atomic mass is 10.1. The van der Waals surface area contributed by atoms with Gasteiger partial charge in [-0.3, -0.25) is 33.8 Å². The van der Waals surface area contributed by atoms with E-state index >= 15 is 0 Å². The Balaban J connectivity index is 3.12.